The third-order valence-electron chi connectivity index (χ3n) is 0.996. The first-order valence-electron chi connectivity index (χ1n) is 4.03. The lowest BCUT2D eigenvalue weighted by Gasteiger charge is -2.25. The van der Waals surface area contributed by atoms with Gasteiger partial charge >= 0.3 is 0 Å². The number of hydrogen-bond donors (Lipinski definition) is 0. The van der Waals surface area contributed by atoms with Gasteiger partial charge in [0.15, 0.2) is 6.79 Å². The van der Waals surface area contributed by atoms with Crippen molar-refractivity contribution in [1.82, 2.24) is 0 Å². The van der Waals surface area contributed by atoms with Crippen molar-refractivity contribution in [2.75, 3.05) is 20.0 Å². The first kappa shape index (κ1) is 15.2. The van der Waals surface area contributed by atoms with Crippen LogP contribution in [0.4, 0.5) is 0 Å². The van der Waals surface area contributed by atoms with Crippen molar-refractivity contribution in [3.8, 4) is 0 Å². The van der Waals surface area contributed by atoms with Crippen molar-refractivity contribution in [2.45, 2.75) is 13.8 Å². The van der Waals surface area contributed by atoms with Gasteiger partial charge in [0.1, 0.15) is 0 Å². The molecule has 0 aliphatic rings. The fraction of sp³-hybridized carbons (Fsp3) is 1.00. The lowest BCUT2D eigenvalue weighted by Crippen LogP contribution is -2.13. The van der Waals surface area contributed by atoms with E-state index < -0.39 is 22.4 Å². The summed E-state index contributed by atoms with van der Waals surface area (Å²) in [5.41, 5.74) is 0. The van der Waals surface area contributed by atoms with Crippen molar-refractivity contribution in [1.29, 1.82) is 0 Å². The third kappa shape index (κ3) is 8.07. The molecule has 8 nitrogen and oxygen atoms in total. The van der Waals surface area contributed by atoms with Crippen molar-refractivity contribution >= 4 is 15.6 Å². The molecule has 0 aromatic heterocycles. The summed E-state index contributed by atoms with van der Waals surface area (Å²) in [5, 5.41) is 0. The van der Waals surface area contributed by atoms with Gasteiger partial charge < -0.3 is 18.8 Å². The molecule has 0 aromatic rings. The molecule has 2 unspecified atom stereocenters. The Morgan fingerprint density at radius 3 is 1.47 bits per heavy atom. The molecule has 2 atom stereocenters. The lowest BCUT2D eigenvalue weighted by molar-refractivity contribution is -0.243. The van der Waals surface area contributed by atoms with Crippen molar-refractivity contribution in [3.05, 3.63) is 0 Å². The molecule has 0 bridgehead atoms. The largest absolute Gasteiger partial charge is 0.756 e. The first-order chi connectivity index (χ1) is 6.83. The van der Waals surface area contributed by atoms with E-state index in [0.29, 0.717) is 0 Å². The fourth-order valence-electron chi connectivity index (χ4n) is 0.543. The lowest BCUT2D eigenvalue weighted by atomic mass is 10.9. The van der Waals surface area contributed by atoms with E-state index >= 15 is 0 Å². The van der Waals surface area contributed by atoms with E-state index in [0.717, 1.165) is 0 Å². The summed E-state index contributed by atoms with van der Waals surface area (Å²) in [5.74, 6) is 0. The zero-order valence-corrected chi connectivity index (χ0v) is 10.1. The SMILES string of the molecule is CCOP(=O)([O-])OCOP(=O)([O-])OCC. The summed E-state index contributed by atoms with van der Waals surface area (Å²) in [7, 11) is -8.98. The van der Waals surface area contributed by atoms with Gasteiger partial charge in [-0.15, -0.1) is 0 Å². The van der Waals surface area contributed by atoms with Gasteiger partial charge in [-0.2, -0.15) is 0 Å². The summed E-state index contributed by atoms with van der Waals surface area (Å²) >= 11 is 0. The molecule has 0 N–H and O–H groups in total. The maximum absolute atomic E-state index is 10.7. The smallest absolute Gasteiger partial charge is 0.269 e. The van der Waals surface area contributed by atoms with Crippen LogP contribution in [0.2, 0.25) is 0 Å². The average Bonchev–Trinajstić information content (AvgIpc) is 2.02. The van der Waals surface area contributed by atoms with E-state index in [1.807, 2.05) is 0 Å². The molecule has 0 aromatic carbocycles. The summed E-state index contributed by atoms with van der Waals surface area (Å²) in [6.07, 6.45) is 0. The van der Waals surface area contributed by atoms with E-state index in [1.165, 1.54) is 13.8 Å². The molecule has 0 saturated heterocycles. The molecular weight excluding hydrogens is 250 g/mol. The van der Waals surface area contributed by atoms with Crippen LogP contribution in [0.5, 0.6) is 0 Å². The molecule has 0 aliphatic heterocycles. The Morgan fingerprint density at radius 2 is 1.20 bits per heavy atom. The Hall–Kier alpha value is 0.220. The molecule has 0 amide bonds. The minimum absolute atomic E-state index is 0.110. The summed E-state index contributed by atoms with van der Waals surface area (Å²) < 4.78 is 37.9. The summed E-state index contributed by atoms with van der Waals surface area (Å²) in [6, 6.07) is 0. The Bertz CT molecular complexity index is 240. The van der Waals surface area contributed by atoms with E-state index in [9.17, 15) is 18.9 Å². The molecule has 0 radical (unpaired) electrons. The molecule has 0 rings (SSSR count). The Morgan fingerprint density at radius 1 is 0.867 bits per heavy atom. The summed E-state index contributed by atoms with van der Waals surface area (Å²) in [4.78, 5) is 21.5. The van der Waals surface area contributed by atoms with Gasteiger partial charge in [-0.1, -0.05) is 0 Å². The zero-order chi connectivity index (χ0) is 11.9. The minimum atomic E-state index is -4.49. The van der Waals surface area contributed by atoms with Crippen molar-refractivity contribution in [3.63, 3.8) is 0 Å². The number of phosphoric ester groups is 2. The highest BCUT2D eigenvalue weighted by molar-refractivity contribution is 7.46. The second-order valence-electron chi connectivity index (χ2n) is 2.11. The van der Waals surface area contributed by atoms with Gasteiger partial charge in [0.25, 0.3) is 15.6 Å². The number of phosphoric acid groups is 2. The Balaban J connectivity index is 3.88. The second kappa shape index (κ2) is 6.73. The standard InChI is InChI=1S/C5H14O8P2/c1-3-10-14(6,7)12-5-13-15(8,9)11-4-2/h3-5H2,1-2H3,(H,6,7)(H,8,9)/p-2. The molecular formula is C5H12O8P2-2. The molecule has 92 valence electrons. The van der Waals surface area contributed by atoms with Crippen LogP contribution in [0.1, 0.15) is 13.8 Å². The van der Waals surface area contributed by atoms with Gasteiger partial charge in [0.2, 0.25) is 0 Å². The monoisotopic (exact) mass is 262 g/mol. The third-order valence-corrected chi connectivity index (χ3v) is 2.99. The summed E-state index contributed by atoms with van der Waals surface area (Å²) in [6.45, 7) is 1.66. The van der Waals surface area contributed by atoms with Gasteiger partial charge in [0, 0.05) is 0 Å². The van der Waals surface area contributed by atoms with Gasteiger partial charge in [-0.25, -0.2) is 0 Å². The number of rotatable bonds is 8. The van der Waals surface area contributed by atoms with Gasteiger partial charge in [0.05, 0.1) is 13.2 Å². The van der Waals surface area contributed by atoms with Crippen LogP contribution < -0.4 is 9.79 Å². The molecule has 15 heavy (non-hydrogen) atoms. The van der Waals surface area contributed by atoms with Crippen LogP contribution in [0.15, 0.2) is 0 Å². The van der Waals surface area contributed by atoms with Crippen LogP contribution in [0, 0.1) is 0 Å². The van der Waals surface area contributed by atoms with Gasteiger partial charge in [-0.05, 0) is 13.8 Å². The highest BCUT2D eigenvalue weighted by Gasteiger charge is 2.12. The minimum Gasteiger partial charge on any atom is -0.756 e. The number of hydrogen-bond acceptors (Lipinski definition) is 8. The van der Waals surface area contributed by atoms with Gasteiger partial charge in [-0.3, -0.25) is 18.2 Å². The topological polar surface area (TPSA) is 117 Å². The first-order valence-corrected chi connectivity index (χ1v) is 6.95. The predicted octanol–water partition coefficient (Wildman–Crippen LogP) is -0.0131. The molecule has 0 heterocycles. The van der Waals surface area contributed by atoms with Crippen LogP contribution in [0.3, 0.4) is 0 Å². The van der Waals surface area contributed by atoms with Crippen LogP contribution in [-0.4, -0.2) is 20.0 Å². The molecule has 0 aliphatic carbocycles. The normalized spacial score (nSPS) is 19.5. The van der Waals surface area contributed by atoms with E-state index in [2.05, 4.69) is 18.1 Å². The van der Waals surface area contributed by atoms with Crippen LogP contribution in [0.25, 0.3) is 0 Å². The molecule has 0 saturated carbocycles. The average molecular weight is 262 g/mol. The zero-order valence-electron chi connectivity index (χ0n) is 8.28. The fourth-order valence-corrected chi connectivity index (χ4v) is 1.77. The van der Waals surface area contributed by atoms with Crippen molar-refractivity contribution in [2.24, 2.45) is 0 Å². The quantitative estimate of drug-likeness (QED) is 0.442. The Kier molecular flexibility index (Phi) is 6.83. The van der Waals surface area contributed by atoms with Crippen molar-refractivity contribution < 1.29 is 37.0 Å². The molecule has 0 spiro atoms. The predicted molar refractivity (Wildman–Crippen MR) is 45.5 cm³/mol. The molecule has 0 fully saturated rings. The highest BCUT2D eigenvalue weighted by Crippen LogP contribution is 2.42. The second-order valence-corrected chi connectivity index (χ2v) is 4.93. The maximum atomic E-state index is 10.7. The molecule has 10 heteroatoms. The highest BCUT2D eigenvalue weighted by atomic mass is 31.2. The van der Waals surface area contributed by atoms with E-state index in [-0.39, 0.29) is 13.2 Å². The Labute approximate surface area is 87.3 Å². The van der Waals surface area contributed by atoms with Crippen LogP contribution in [-0.2, 0) is 27.2 Å². The van der Waals surface area contributed by atoms with E-state index in [4.69, 9.17) is 0 Å². The van der Waals surface area contributed by atoms with Crippen LogP contribution >= 0.6 is 15.6 Å². The van der Waals surface area contributed by atoms with E-state index in [1.54, 1.807) is 0 Å². The maximum Gasteiger partial charge on any atom is 0.269 e.